The molecule has 1 N–H and O–H groups in total. The van der Waals surface area contributed by atoms with Gasteiger partial charge in [-0.25, -0.2) is 0 Å². The van der Waals surface area contributed by atoms with E-state index >= 15 is 0 Å². The van der Waals surface area contributed by atoms with Gasteiger partial charge in [0.2, 0.25) is 0 Å². The van der Waals surface area contributed by atoms with Gasteiger partial charge >= 0.3 is 0 Å². The second-order valence-corrected chi connectivity index (χ2v) is 5.13. The van der Waals surface area contributed by atoms with Gasteiger partial charge in [-0.1, -0.05) is 34.8 Å². The molecule has 1 aromatic rings. The van der Waals surface area contributed by atoms with Gasteiger partial charge in [0.15, 0.2) is 0 Å². The minimum atomic E-state index is -0.00147. The van der Waals surface area contributed by atoms with Crippen LogP contribution in [-0.2, 0) is 0 Å². The second-order valence-electron chi connectivity index (χ2n) is 4.34. The number of benzene rings is 1. The molecule has 0 aliphatic heterocycles. The molecule has 0 saturated carbocycles. The highest BCUT2D eigenvalue weighted by Crippen LogP contribution is 2.32. The SMILES string of the molecule is CNCCC(C=C(C)C)Oc1cccc(Cl)c1Cl. The molecule has 1 aromatic carbocycles. The van der Waals surface area contributed by atoms with Crippen LogP contribution in [0.3, 0.4) is 0 Å². The quantitative estimate of drug-likeness (QED) is 0.787. The van der Waals surface area contributed by atoms with Crippen LogP contribution in [-0.4, -0.2) is 19.7 Å². The third-order valence-electron chi connectivity index (χ3n) is 2.39. The van der Waals surface area contributed by atoms with Crippen LogP contribution in [0, 0.1) is 0 Å². The Balaban J connectivity index is 2.82. The van der Waals surface area contributed by atoms with Crippen LogP contribution in [0.5, 0.6) is 5.75 Å². The zero-order valence-corrected chi connectivity index (χ0v) is 12.5. The van der Waals surface area contributed by atoms with Crippen molar-refractivity contribution in [3.05, 3.63) is 39.9 Å². The van der Waals surface area contributed by atoms with E-state index in [0.717, 1.165) is 13.0 Å². The number of nitrogens with one attached hydrogen (secondary N) is 1. The molecule has 1 atom stereocenters. The topological polar surface area (TPSA) is 21.3 Å². The minimum absolute atomic E-state index is 0.00147. The highest BCUT2D eigenvalue weighted by molar-refractivity contribution is 6.42. The smallest absolute Gasteiger partial charge is 0.140 e. The van der Waals surface area contributed by atoms with Crippen LogP contribution >= 0.6 is 23.2 Å². The van der Waals surface area contributed by atoms with Gasteiger partial charge in [-0.05, 0) is 45.6 Å². The Morgan fingerprint density at radius 2 is 2.11 bits per heavy atom. The molecular weight excluding hydrogens is 269 g/mol. The summed E-state index contributed by atoms with van der Waals surface area (Å²) in [5.41, 5.74) is 1.22. The highest BCUT2D eigenvalue weighted by atomic mass is 35.5. The van der Waals surface area contributed by atoms with Gasteiger partial charge in [0, 0.05) is 6.42 Å². The normalized spacial score (nSPS) is 12.1. The minimum Gasteiger partial charge on any atom is -0.485 e. The summed E-state index contributed by atoms with van der Waals surface area (Å²) >= 11 is 12.1. The predicted molar refractivity (Wildman–Crippen MR) is 78.9 cm³/mol. The maximum absolute atomic E-state index is 6.11. The van der Waals surface area contributed by atoms with E-state index in [1.807, 2.05) is 19.2 Å². The number of rotatable bonds is 6. The van der Waals surface area contributed by atoms with E-state index in [2.05, 4.69) is 25.2 Å². The van der Waals surface area contributed by atoms with Crippen LogP contribution < -0.4 is 10.1 Å². The monoisotopic (exact) mass is 287 g/mol. The van der Waals surface area contributed by atoms with Crippen LogP contribution in [0.1, 0.15) is 20.3 Å². The Hall–Kier alpha value is -0.700. The van der Waals surface area contributed by atoms with Crippen molar-refractivity contribution >= 4 is 23.2 Å². The Morgan fingerprint density at radius 1 is 1.39 bits per heavy atom. The molecule has 0 amide bonds. The van der Waals surface area contributed by atoms with Crippen molar-refractivity contribution in [2.45, 2.75) is 26.4 Å². The molecule has 0 aliphatic carbocycles. The van der Waals surface area contributed by atoms with E-state index in [-0.39, 0.29) is 6.10 Å². The van der Waals surface area contributed by atoms with Crippen LogP contribution in [0.15, 0.2) is 29.8 Å². The maximum Gasteiger partial charge on any atom is 0.140 e. The number of allylic oxidation sites excluding steroid dienone is 1. The van der Waals surface area contributed by atoms with E-state index in [1.165, 1.54) is 5.57 Å². The van der Waals surface area contributed by atoms with Crippen molar-refractivity contribution in [2.24, 2.45) is 0 Å². The molecule has 0 radical (unpaired) electrons. The van der Waals surface area contributed by atoms with Crippen LogP contribution in [0.25, 0.3) is 0 Å². The van der Waals surface area contributed by atoms with Gasteiger partial charge in [-0.3, -0.25) is 0 Å². The fourth-order valence-electron chi connectivity index (χ4n) is 1.57. The second kappa shape index (κ2) is 7.67. The Morgan fingerprint density at radius 3 is 2.72 bits per heavy atom. The molecule has 0 fully saturated rings. The molecule has 0 spiro atoms. The largest absolute Gasteiger partial charge is 0.485 e. The summed E-state index contributed by atoms with van der Waals surface area (Å²) in [6, 6.07) is 5.42. The third-order valence-corrected chi connectivity index (χ3v) is 3.19. The summed E-state index contributed by atoms with van der Waals surface area (Å²) < 4.78 is 5.91. The first-order valence-corrected chi connectivity index (χ1v) is 6.70. The summed E-state index contributed by atoms with van der Waals surface area (Å²) in [7, 11) is 1.92. The van der Waals surface area contributed by atoms with Crippen molar-refractivity contribution in [3.63, 3.8) is 0 Å². The summed E-state index contributed by atoms with van der Waals surface area (Å²) in [5, 5.41) is 4.10. The average molecular weight is 288 g/mol. The highest BCUT2D eigenvalue weighted by Gasteiger charge is 2.11. The van der Waals surface area contributed by atoms with Crippen molar-refractivity contribution in [2.75, 3.05) is 13.6 Å². The molecular formula is C14H19Cl2NO. The number of hydrogen-bond donors (Lipinski definition) is 1. The van der Waals surface area contributed by atoms with Crippen molar-refractivity contribution in [1.82, 2.24) is 5.32 Å². The van der Waals surface area contributed by atoms with Crippen LogP contribution in [0.2, 0.25) is 10.0 Å². The lowest BCUT2D eigenvalue weighted by Crippen LogP contribution is -2.21. The third kappa shape index (κ3) is 4.89. The number of halogens is 2. The lowest BCUT2D eigenvalue weighted by Gasteiger charge is -2.17. The number of ether oxygens (including phenoxy) is 1. The van der Waals surface area contributed by atoms with Crippen molar-refractivity contribution in [3.8, 4) is 5.75 Å². The Labute approximate surface area is 119 Å². The Kier molecular flexibility index (Phi) is 6.55. The van der Waals surface area contributed by atoms with Gasteiger partial charge in [0.25, 0.3) is 0 Å². The average Bonchev–Trinajstić information content (AvgIpc) is 2.31. The van der Waals surface area contributed by atoms with Gasteiger partial charge < -0.3 is 10.1 Å². The molecule has 1 rings (SSSR count). The van der Waals surface area contributed by atoms with Gasteiger partial charge in [0.05, 0.1) is 5.02 Å². The molecule has 100 valence electrons. The summed E-state index contributed by atoms with van der Waals surface area (Å²) in [4.78, 5) is 0. The van der Waals surface area contributed by atoms with E-state index in [1.54, 1.807) is 6.07 Å². The van der Waals surface area contributed by atoms with Gasteiger partial charge in [-0.2, -0.15) is 0 Å². The summed E-state index contributed by atoms with van der Waals surface area (Å²) in [5.74, 6) is 0.628. The lowest BCUT2D eigenvalue weighted by molar-refractivity contribution is 0.237. The van der Waals surface area contributed by atoms with Gasteiger partial charge in [-0.15, -0.1) is 0 Å². The molecule has 0 saturated heterocycles. The predicted octanol–water partition coefficient (Wildman–Crippen LogP) is 4.32. The summed E-state index contributed by atoms with van der Waals surface area (Å²) in [6.07, 6.45) is 2.97. The standard InChI is InChI=1S/C14H19Cl2NO/c1-10(2)9-11(7-8-17-3)18-13-6-4-5-12(15)14(13)16/h4-6,9,11,17H,7-8H2,1-3H3. The maximum atomic E-state index is 6.11. The zero-order valence-electron chi connectivity index (χ0n) is 11.0. The first kappa shape index (κ1) is 15.4. The molecule has 1 unspecified atom stereocenters. The molecule has 2 nitrogen and oxygen atoms in total. The summed E-state index contributed by atoms with van der Waals surface area (Å²) in [6.45, 7) is 4.98. The number of hydrogen-bond acceptors (Lipinski definition) is 2. The van der Waals surface area contributed by atoms with E-state index in [9.17, 15) is 0 Å². The van der Waals surface area contributed by atoms with E-state index < -0.39 is 0 Å². The first-order valence-electron chi connectivity index (χ1n) is 5.95. The molecule has 18 heavy (non-hydrogen) atoms. The molecule has 0 aliphatic rings. The van der Waals surface area contributed by atoms with E-state index in [0.29, 0.717) is 15.8 Å². The molecule has 4 heteroatoms. The van der Waals surface area contributed by atoms with Crippen LogP contribution in [0.4, 0.5) is 0 Å². The lowest BCUT2D eigenvalue weighted by atomic mass is 10.2. The zero-order chi connectivity index (χ0) is 13.5. The fraction of sp³-hybridized carbons (Fsp3) is 0.429. The molecule has 0 aromatic heterocycles. The molecule has 0 bridgehead atoms. The Bertz CT molecular complexity index is 414. The van der Waals surface area contributed by atoms with Crippen molar-refractivity contribution in [1.29, 1.82) is 0 Å². The molecule has 0 heterocycles. The first-order chi connectivity index (χ1) is 8.54. The van der Waals surface area contributed by atoms with Gasteiger partial charge in [0.1, 0.15) is 16.9 Å². The van der Waals surface area contributed by atoms with E-state index in [4.69, 9.17) is 27.9 Å². The van der Waals surface area contributed by atoms with Crippen molar-refractivity contribution < 1.29 is 4.74 Å². The fourth-order valence-corrected chi connectivity index (χ4v) is 1.91.